The smallest absolute Gasteiger partial charge is 0.336 e. The average Bonchev–Trinajstić information content (AvgIpc) is 3.99. The Morgan fingerprint density at radius 2 is 0.745 bits per heavy atom. The van der Waals surface area contributed by atoms with Crippen LogP contribution in [0.4, 0.5) is 0 Å². The molecule has 6 aromatic rings. The maximum atomic E-state index is 10.9. The van der Waals surface area contributed by atoms with Crippen molar-refractivity contribution in [1.29, 1.82) is 0 Å². The van der Waals surface area contributed by atoms with Gasteiger partial charge in [0.25, 0.3) is 0 Å². The monoisotopic (exact) mass is 746 g/mol. The molecule has 0 spiro atoms. The van der Waals surface area contributed by atoms with Crippen LogP contribution in [0.1, 0.15) is 44.4 Å². The zero-order valence-electron chi connectivity index (χ0n) is 27.6. The minimum absolute atomic E-state index is 0.156. The summed E-state index contributed by atoms with van der Waals surface area (Å²) in [5.74, 6) is -2.64. The summed E-state index contributed by atoms with van der Waals surface area (Å²) < 4.78 is 0. The molecule has 0 aliphatic rings. The third-order valence-corrected chi connectivity index (χ3v) is 10.3. The van der Waals surface area contributed by atoms with Gasteiger partial charge >= 0.3 is 17.9 Å². The van der Waals surface area contributed by atoms with Crippen LogP contribution in [0.5, 0.6) is 0 Å². The van der Waals surface area contributed by atoms with E-state index >= 15 is 0 Å². The lowest BCUT2D eigenvalue weighted by Gasteiger charge is -2.24. The van der Waals surface area contributed by atoms with Crippen LogP contribution in [0, 0.1) is 5.41 Å². The highest BCUT2D eigenvalue weighted by atomic mass is 32.1. The number of benzene rings is 3. The number of carboxylic acids is 3. The van der Waals surface area contributed by atoms with Gasteiger partial charge in [0.2, 0.25) is 0 Å². The van der Waals surface area contributed by atoms with Gasteiger partial charge < -0.3 is 30.6 Å². The van der Waals surface area contributed by atoms with Crippen molar-refractivity contribution < 1.29 is 45.0 Å². The van der Waals surface area contributed by atoms with Gasteiger partial charge in [0.15, 0.2) is 0 Å². The van der Waals surface area contributed by atoms with Crippen molar-refractivity contribution in [2.24, 2.45) is 5.41 Å². The van der Waals surface area contributed by atoms with E-state index in [4.69, 9.17) is 30.6 Å². The second-order valence-electron chi connectivity index (χ2n) is 10.8. The molecule has 0 aliphatic heterocycles. The Morgan fingerprint density at radius 3 is 0.922 bits per heavy atom. The number of aliphatic hydroxyl groups is 3. The number of aromatic carboxylic acids is 3. The summed E-state index contributed by atoms with van der Waals surface area (Å²) >= 11 is 4.63. The number of hydrogen-bond acceptors (Lipinski definition) is 9. The van der Waals surface area contributed by atoms with Gasteiger partial charge in [0.1, 0.15) is 0 Å². The Kier molecular flexibility index (Phi) is 16.4. The van der Waals surface area contributed by atoms with Crippen LogP contribution < -0.4 is 0 Å². The van der Waals surface area contributed by atoms with Gasteiger partial charge in [-0.25, -0.2) is 14.4 Å². The summed E-state index contributed by atoms with van der Waals surface area (Å²) in [4.78, 5) is 35.7. The summed E-state index contributed by atoms with van der Waals surface area (Å²) in [5, 5.41) is 58.7. The largest absolute Gasteiger partial charge is 0.478 e. The molecule has 12 heteroatoms. The predicted molar refractivity (Wildman–Crippen MR) is 204 cm³/mol. The topological polar surface area (TPSA) is 173 Å². The number of hydrogen-bond donors (Lipinski definition) is 6. The molecule has 0 amide bonds. The van der Waals surface area contributed by atoms with Gasteiger partial charge in [-0.05, 0) is 59.0 Å². The zero-order valence-corrected chi connectivity index (χ0v) is 30.0. The average molecular weight is 747 g/mol. The van der Waals surface area contributed by atoms with Gasteiger partial charge in [-0.3, -0.25) is 0 Å². The Hall–Kier alpha value is -4.95. The van der Waals surface area contributed by atoms with Gasteiger partial charge in [-0.2, -0.15) is 0 Å². The molecule has 0 saturated carbocycles. The molecule has 9 nitrogen and oxygen atoms in total. The van der Waals surface area contributed by atoms with E-state index in [-0.39, 0.29) is 19.8 Å². The van der Waals surface area contributed by atoms with Gasteiger partial charge in [0, 0.05) is 36.7 Å². The van der Waals surface area contributed by atoms with Crippen LogP contribution in [0.25, 0.3) is 31.3 Å². The normalized spacial score (nSPS) is 10.4. The van der Waals surface area contributed by atoms with Crippen molar-refractivity contribution in [2.45, 2.75) is 13.3 Å². The van der Waals surface area contributed by atoms with Crippen molar-refractivity contribution in [1.82, 2.24) is 0 Å². The molecule has 0 atom stereocenters. The predicted octanol–water partition coefficient (Wildman–Crippen LogP) is 8.70. The first-order valence-corrected chi connectivity index (χ1v) is 18.2. The van der Waals surface area contributed by atoms with Crippen LogP contribution in [-0.2, 0) is 0 Å². The van der Waals surface area contributed by atoms with Crippen LogP contribution >= 0.6 is 34.0 Å². The minimum atomic E-state index is -0.881. The fourth-order valence-electron chi connectivity index (χ4n) is 4.43. The van der Waals surface area contributed by atoms with Crippen LogP contribution in [0.15, 0.2) is 125 Å². The van der Waals surface area contributed by atoms with E-state index in [1.165, 1.54) is 0 Å². The lowest BCUT2D eigenvalue weighted by atomic mass is 9.88. The van der Waals surface area contributed by atoms with E-state index in [9.17, 15) is 14.4 Å². The number of carbonyl (C=O) groups is 3. The molecule has 0 unspecified atom stereocenters. The fourth-order valence-corrected chi connectivity index (χ4v) is 6.73. The van der Waals surface area contributed by atoms with E-state index < -0.39 is 23.3 Å². The highest BCUT2D eigenvalue weighted by Crippen LogP contribution is 2.30. The van der Waals surface area contributed by atoms with Crippen LogP contribution in [-0.4, -0.2) is 68.4 Å². The standard InChI is InChI=1S/3C11H8O2S.C6H14O3/c3*12-11(13)9-5-2-1-4-8(9)10-6-3-7-14-10;1-2-6(3-7,4-8)5-9/h3*1-7H,(H,12,13);7-9H,2-5H2,1H3. The molecule has 0 bridgehead atoms. The summed E-state index contributed by atoms with van der Waals surface area (Å²) in [6.45, 7) is 1.35. The molecule has 3 aromatic heterocycles. The number of rotatable bonds is 10. The first kappa shape index (κ1) is 40.5. The highest BCUT2D eigenvalue weighted by Gasteiger charge is 2.25. The van der Waals surface area contributed by atoms with Crippen molar-refractivity contribution in [3.05, 3.63) is 142 Å². The zero-order chi connectivity index (χ0) is 37.2. The van der Waals surface area contributed by atoms with Gasteiger partial charge in [0.05, 0.1) is 36.5 Å². The maximum Gasteiger partial charge on any atom is 0.336 e. The Balaban J connectivity index is 0.000000186. The number of carboxylic acid groups (broad SMARTS) is 3. The van der Waals surface area contributed by atoms with Crippen molar-refractivity contribution in [2.75, 3.05) is 19.8 Å². The van der Waals surface area contributed by atoms with Crippen LogP contribution in [0.2, 0.25) is 0 Å². The molecule has 0 saturated heterocycles. The summed E-state index contributed by atoms with van der Waals surface area (Å²) in [6, 6.07) is 32.6. The molecular formula is C39H38O9S3. The SMILES string of the molecule is CCC(CO)(CO)CO.O=C(O)c1ccccc1-c1cccs1.O=C(O)c1ccccc1-c1cccs1.O=C(O)c1ccccc1-c1cccs1. The number of aliphatic hydroxyl groups excluding tert-OH is 3. The van der Waals surface area contributed by atoms with E-state index in [0.29, 0.717) is 23.1 Å². The van der Waals surface area contributed by atoms with E-state index in [1.54, 1.807) is 70.4 Å². The van der Waals surface area contributed by atoms with Gasteiger partial charge in [-0.1, -0.05) is 79.7 Å². The lowest BCUT2D eigenvalue weighted by molar-refractivity contribution is 0.00303. The third kappa shape index (κ3) is 11.5. The third-order valence-electron chi connectivity index (χ3n) is 7.59. The van der Waals surface area contributed by atoms with E-state index in [1.807, 2.05) is 95.9 Å². The Bertz CT molecular complexity index is 1700. The molecule has 0 aliphatic carbocycles. The molecule has 6 N–H and O–H groups in total. The lowest BCUT2D eigenvalue weighted by Crippen LogP contribution is -2.32. The first-order valence-electron chi connectivity index (χ1n) is 15.5. The minimum Gasteiger partial charge on any atom is -0.478 e. The van der Waals surface area contributed by atoms with E-state index in [0.717, 1.165) is 31.3 Å². The molecule has 6 rings (SSSR count). The van der Waals surface area contributed by atoms with Gasteiger partial charge in [-0.15, -0.1) is 34.0 Å². The molecule has 0 radical (unpaired) electrons. The molecule has 3 heterocycles. The summed E-state index contributed by atoms with van der Waals surface area (Å²) in [5.41, 5.74) is 2.76. The van der Waals surface area contributed by atoms with Crippen molar-refractivity contribution in [3.8, 4) is 31.3 Å². The molecule has 51 heavy (non-hydrogen) atoms. The molecule has 266 valence electrons. The Morgan fingerprint density at radius 1 is 0.471 bits per heavy atom. The second kappa shape index (κ2) is 20.7. The molecular weight excluding hydrogens is 709 g/mol. The molecule has 0 fully saturated rings. The highest BCUT2D eigenvalue weighted by molar-refractivity contribution is 7.14. The Labute approximate surface area is 307 Å². The van der Waals surface area contributed by atoms with E-state index in [2.05, 4.69) is 0 Å². The molecule has 3 aromatic carbocycles. The summed E-state index contributed by atoms with van der Waals surface area (Å²) in [6.07, 6.45) is 0.594. The quantitative estimate of drug-likeness (QED) is 0.0802. The summed E-state index contributed by atoms with van der Waals surface area (Å²) in [7, 11) is 0. The van der Waals surface area contributed by atoms with Crippen molar-refractivity contribution in [3.63, 3.8) is 0 Å². The number of thiophene rings is 3. The van der Waals surface area contributed by atoms with Crippen molar-refractivity contribution >= 4 is 51.9 Å². The maximum absolute atomic E-state index is 10.9. The van der Waals surface area contributed by atoms with Crippen LogP contribution in [0.3, 0.4) is 0 Å². The fraction of sp³-hybridized carbons (Fsp3) is 0.154. The first-order chi connectivity index (χ1) is 24.6. The second-order valence-corrected chi connectivity index (χ2v) is 13.7.